The van der Waals surface area contributed by atoms with E-state index < -0.39 is 0 Å². The average Bonchev–Trinajstić information content (AvgIpc) is 3.22. The van der Waals surface area contributed by atoms with E-state index in [0.717, 1.165) is 33.8 Å². The van der Waals surface area contributed by atoms with Crippen molar-refractivity contribution < 1.29 is 14.0 Å². The third-order valence-corrected chi connectivity index (χ3v) is 5.58. The maximum Gasteiger partial charge on any atom is 0.223 e. The predicted molar refractivity (Wildman–Crippen MR) is 129 cm³/mol. The van der Waals surface area contributed by atoms with Gasteiger partial charge in [0.1, 0.15) is 18.1 Å². The Hall–Kier alpha value is -4.46. The van der Waals surface area contributed by atoms with E-state index in [1.807, 2.05) is 77.0 Å². The maximum absolute atomic E-state index is 5.46. The van der Waals surface area contributed by atoms with Crippen molar-refractivity contribution in [3.8, 4) is 34.1 Å². The van der Waals surface area contributed by atoms with Crippen molar-refractivity contribution in [3.63, 3.8) is 0 Å². The lowest BCUT2D eigenvalue weighted by Gasteiger charge is -2.08. The molecular weight excluding hydrogens is 428 g/mol. The second kappa shape index (κ2) is 9.19. The Morgan fingerprint density at radius 1 is 0.941 bits per heavy atom. The summed E-state index contributed by atoms with van der Waals surface area (Å²) in [5.41, 5.74) is 5.62. The van der Waals surface area contributed by atoms with Crippen LogP contribution in [-0.4, -0.2) is 33.9 Å². The van der Waals surface area contributed by atoms with Crippen molar-refractivity contribution in [1.29, 1.82) is 0 Å². The highest BCUT2D eigenvalue weighted by Crippen LogP contribution is 2.31. The van der Waals surface area contributed by atoms with Crippen LogP contribution in [-0.2, 0) is 6.54 Å². The topological polar surface area (TPSA) is 77.7 Å². The normalized spacial score (nSPS) is 10.9. The largest absolute Gasteiger partial charge is 0.493 e. The monoisotopic (exact) mass is 453 g/mol. The van der Waals surface area contributed by atoms with Crippen LogP contribution in [0.25, 0.3) is 22.6 Å². The Morgan fingerprint density at radius 3 is 2.56 bits per heavy atom. The van der Waals surface area contributed by atoms with E-state index in [1.165, 1.54) is 0 Å². The molecule has 0 aliphatic carbocycles. The maximum atomic E-state index is 5.46. The quantitative estimate of drug-likeness (QED) is 0.376. The highest BCUT2D eigenvalue weighted by atomic mass is 16.5. The number of aromatic nitrogens is 5. The summed E-state index contributed by atoms with van der Waals surface area (Å²) in [5, 5.41) is 8.21. The molecule has 0 aliphatic rings. The fourth-order valence-corrected chi connectivity index (χ4v) is 3.88. The second-order valence-electron chi connectivity index (χ2n) is 7.81. The molecule has 8 nitrogen and oxygen atoms in total. The summed E-state index contributed by atoms with van der Waals surface area (Å²) in [6, 6.07) is 19.8. The lowest BCUT2D eigenvalue weighted by atomic mass is 10.1. The number of nitrogens with zero attached hydrogens (tertiary/aromatic N) is 5. The molecule has 34 heavy (non-hydrogen) atoms. The summed E-state index contributed by atoms with van der Waals surface area (Å²) in [6.07, 6.45) is 5.77. The van der Waals surface area contributed by atoms with Gasteiger partial charge in [0.2, 0.25) is 11.6 Å². The number of fused-ring (bicyclic) bond motifs is 1. The van der Waals surface area contributed by atoms with Gasteiger partial charge < -0.3 is 14.8 Å². The van der Waals surface area contributed by atoms with E-state index in [1.54, 1.807) is 20.4 Å². The molecule has 0 bridgehead atoms. The number of methoxy groups -OCH3 is 2. The van der Waals surface area contributed by atoms with E-state index in [9.17, 15) is 0 Å². The molecule has 3 aromatic heterocycles. The molecule has 0 saturated carbocycles. The Labute approximate surface area is 197 Å². The van der Waals surface area contributed by atoms with E-state index in [2.05, 4.69) is 22.4 Å². The van der Waals surface area contributed by atoms with Crippen LogP contribution in [0, 0.1) is 6.92 Å². The Balaban J connectivity index is 1.51. The molecule has 5 rings (SSSR count). The third-order valence-electron chi connectivity index (χ3n) is 5.58. The Kier molecular flexibility index (Phi) is 5.78. The minimum Gasteiger partial charge on any atom is -0.493 e. The average molecular weight is 454 g/mol. The molecular formula is C26H25N6O2+. The van der Waals surface area contributed by atoms with Gasteiger partial charge in [-0.15, -0.1) is 4.52 Å². The van der Waals surface area contributed by atoms with Gasteiger partial charge in [-0.1, -0.05) is 30.3 Å². The summed E-state index contributed by atoms with van der Waals surface area (Å²) in [4.78, 5) is 9.15. The molecule has 0 spiro atoms. The molecule has 2 aromatic carbocycles. The van der Waals surface area contributed by atoms with Gasteiger partial charge in [-0.3, -0.25) is 0 Å². The van der Waals surface area contributed by atoms with Crippen molar-refractivity contribution in [2.75, 3.05) is 19.5 Å². The smallest absolute Gasteiger partial charge is 0.223 e. The molecule has 0 saturated heterocycles. The van der Waals surface area contributed by atoms with Gasteiger partial charge >= 0.3 is 0 Å². The van der Waals surface area contributed by atoms with Crippen LogP contribution < -0.4 is 19.3 Å². The lowest BCUT2D eigenvalue weighted by molar-refractivity contribution is -0.623. The Bertz CT molecular complexity index is 1450. The molecule has 5 aromatic rings. The van der Waals surface area contributed by atoms with E-state index in [-0.39, 0.29) is 0 Å². The number of ether oxygens (including phenoxy) is 2. The fraction of sp³-hybridized carbons (Fsp3) is 0.154. The van der Waals surface area contributed by atoms with Crippen molar-refractivity contribution in [1.82, 2.24) is 19.7 Å². The van der Waals surface area contributed by atoms with Gasteiger partial charge in [0, 0.05) is 29.9 Å². The summed E-state index contributed by atoms with van der Waals surface area (Å²) in [7, 11) is 3.25. The molecule has 3 heterocycles. The van der Waals surface area contributed by atoms with Crippen molar-refractivity contribution in [2.24, 2.45) is 0 Å². The SMILES string of the molecule is COc1ccc(-c2cc[n+]3cc(C)c(-c4ccnc(NCc5ccccc5)n4)n3n2)cc1OC. The highest BCUT2D eigenvalue weighted by molar-refractivity contribution is 5.64. The molecule has 0 aliphatic heterocycles. The number of hydrogen-bond donors (Lipinski definition) is 1. The first-order chi connectivity index (χ1) is 16.7. The minimum atomic E-state index is 0.566. The van der Waals surface area contributed by atoms with E-state index in [4.69, 9.17) is 19.6 Å². The number of anilines is 1. The molecule has 0 radical (unpaired) electrons. The van der Waals surface area contributed by atoms with Crippen LogP contribution in [0.4, 0.5) is 5.95 Å². The van der Waals surface area contributed by atoms with Gasteiger partial charge in [-0.25, -0.2) is 9.97 Å². The molecule has 0 atom stereocenters. The van der Waals surface area contributed by atoms with Crippen LogP contribution in [0.5, 0.6) is 11.5 Å². The van der Waals surface area contributed by atoms with Gasteiger partial charge in [0.15, 0.2) is 17.2 Å². The van der Waals surface area contributed by atoms with E-state index >= 15 is 0 Å². The standard InChI is InChI=1S/C26H25N6O2/c1-18-17-31-14-12-21(20-9-10-23(33-2)24(15-20)34-3)30-32(31)25(18)22-11-13-27-26(29-22)28-16-19-7-5-4-6-8-19/h4-15,17H,16H2,1-3H3,(H,27,28,29)/q+1. The summed E-state index contributed by atoms with van der Waals surface area (Å²) in [5.74, 6) is 1.90. The molecule has 170 valence electrons. The number of hydrogen-bond acceptors (Lipinski definition) is 6. The first-order valence-corrected chi connectivity index (χ1v) is 10.9. The minimum absolute atomic E-state index is 0.566. The Morgan fingerprint density at radius 2 is 1.76 bits per heavy atom. The van der Waals surface area contributed by atoms with Gasteiger partial charge in [-0.2, -0.15) is 0 Å². The molecule has 0 amide bonds. The second-order valence-corrected chi connectivity index (χ2v) is 7.81. The third kappa shape index (κ3) is 4.13. The highest BCUT2D eigenvalue weighted by Gasteiger charge is 2.20. The number of nitrogens with one attached hydrogen (secondary N) is 1. The van der Waals surface area contributed by atoms with Crippen molar-refractivity contribution in [3.05, 3.63) is 90.4 Å². The zero-order valence-electron chi connectivity index (χ0n) is 19.3. The molecule has 8 heteroatoms. The zero-order chi connectivity index (χ0) is 23.5. The molecule has 0 unspecified atom stereocenters. The van der Waals surface area contributed by atoms with Crippen molar-refractivity contribution >= 4 is 5.95 Å². The summed E-state index contributed by atoms with van der Waals surface area (Å²) in [6.45, 7) is 2.70. The summed E-state index contributed by atoms with van der Waals surface area (Å²) < 4.78 is 14.6. The van der Waals surface area contributed by atoms with Gasteiger partial charge in [-0.05, 0) is 41.4 Å². The van der Waals surface area contributed by atoms with Crippen LogP contribution in [0.2, 0.25) is 0 Å². The molecule has 1 N–H and O–H groups in total. The van der Waals surface area contributed by atoms with E-state index in [0.29, 0.717) is 24.0 Å². The zero-order valence-corrected chi connectivity index (χ0v) is 19.3. The van der Waals surface area contributed by atoms with Gasteiger partial charge in [0.05, 0.1) is 19.3 Å². The molecule has 0 fully saturated rings. The first-order valence-electron chi connectivity index (χ1n) is 10.9. The fourth-order valence-electron chi connectivity index (χ4n) is 3.88. The summed E-state index contributed by atoms with van der Waals surface area (Å²) >= 11 is 0. The van der Waals surface area contributed by atoms with Crippen LogP contribution in [0.1, 0.15) is 11.1 Å². The van der Waals surface area contributed by atoms with Crippen LogP contribution >= 0.6 is 0 Å². The first kappa shape index (κ1) is 21.4. The van der Waals surface area contributed by atoms with Crippen LogP contribution in [0.15, 0.2) is 79.3 Å². The predicted octanol–water partition coefficient (Wildman–Crippen LogP) is 3.98. The van der Waals surface area contributed by atoms with Gasteiger partial charge in [0.25, 0.3) is 0 Å². The number of aryl methyl sites for hydroxylation is 1. The van der Waals surface area contributed by atoms with Crippen molar-refractivity contribution in [2.45, 2.75) is 13.5 Å². The number of rotatable bonds is 7. The lowest BCUT2D eigenvalue weighted by Crippen LogP contribution is -2.29. The number of benzene rings is 2. The van der Waals surface area contributed by atoms with Crippen LogP contribution in [0.3, 0.4) is 0 Å².